The van der Waals surface area contributed by atoms with E-state index >= 15 is 0 Å². The average Bonchev–Trinajstić information content (AvgIpc) is 3.03. The zero-order valence-corrected chi connectivity index (χ0v) is 16.4. The molecule has 0 aliphatic carbocycles. The van der Waals surface area contributed by atoms with E-state index in [0.717, 1.165) is 28.8 Å². The molecule has 0 fully saturated rings. The van der Waals surface area contributed by atoms with Gasteiger partial charge in [-0.05, 0) is 44.0 Å². The summed E-state index contributed by atoms with van der Waals surface area (Å²) < 4.78 is 1.96. The number of carbonyl (C=O) groups excluding carboxylic acids is 2. The van der Waals surface area contributed by atoms with E-state index in [9.17, 15) is 9.59 Å². The van der Waals surface area contributed by atoms with Crippen LogP contribution in [-0.2, 0) is 17.8 Å². The molecule has 28 heavy (non-hydrogen) atoms. The zero-order chi connectivity index (χ0) is 19.9. The highest BCUT2D eigenvalue weighted by Crippen LogP contribution is 2.17. The number of imidazole rings is 1. The molecule has 1 heterocycles. The number of amides is 2. The summed E-state index contributed by atoms with van der Waals surface area (Å²) in [5.74, 6) is 0.770. The van der Waals surface area contributed by atoms with Gasteiger partial charge in [-0.1, -0.05) is 30.3 Å². The van der Waals surface area contributed by atoms with Crippen LogP contribution in [0, 0.1) is 6.92 Å². The smallest absolute Gasteiger partial charge is 0.251 e. The first-order valence-electron chi connectivity index (χ1n) is 9.64. The number of nitrogens with zero attached hydrogens (tertiary/aromatic N) is 2. The SMILES string of the molecule is CCNC(=O)Cn1c(CCCNC(=O)c2ccccc2C)nc2ccccc21. The molecule has 2 aromatic carbocycles. The van der Waals surface area contributed by atoms with Crippen molar-refractivity contribution in [2.75, 3.05) is 13.1 Å². The van der Waals surface area contributed by atoms with E-state index in [1.54, 1.807) is 0 Å². The van der Waals surface area contributed by atoms with E-state index in [2.05, 4.69) is 15.6 Å². The summed E-state index contributed by atoms with van der Waals surface area (Å²) in [6, 6.07) is 15.4. The Labute approximate surface area is 165 Å². The molecule has 0 bridgehead atoms. The van der Waals surface area contributed by atoms with Crippen LogP contribution in [0.15, 0.2) is 48.5 Å². The van der Waals surface area contributed by atoms with Crippen molar-refractivity contribution in [1.29, 1.82) is 0 Å². The minimum atomic E-state index is -0.0612. The molecule has 0 saturated carbocycles. The normalized spacial score (nSPS) is 10.8. The summed E-state index contributed by atoms with van der Waals surface area (Å²) in [5, 5.41) is 5.81. The van der Waals surface area contributed by atoms with Gasteiger partial charge in [-0.2, -0.15) is 0 Å². The van der Waals surface area contributed by atoms with Crippen molar-refractivity contribution in [2.24, 2.45) is 0 Å². The molecule has 3 aromatic rings. The Bertz CT molecular complexity index is 978. The van der Waals surface area contributed by atoms with E-state index < -0.39 is 0 Å². The minimum absolute atomic E-state index is 0.0280. The van der Waals surface area contributed by atoms with E-state index in [0.29, 0.717) is 25.1 Å². The van der Waals surface area contributed by atoms with Crippen molar-refractivity contribution < 1.29 is 9.59 Å². The predicted octanol–water partition coefficient (Wildman–Crippen LogP) is 2.84. The monoisotopic (exact) mass is 378 g/mol. The molecule has 146 valence electrons. The number of hydrogen-bond donors (Lipinski definition) is 2. The number of aryl methyl sites for hydroxylation is 2. The Hall–Kier alpha value is -3.15. The highest BCUT2D eigenvalue weighted by molar-refractivity contribution is 5.95. The minimum Gasteiger partial charge on any atom is -0.355 e. The second-order valence-electron chi connectivity index (χ2n) is 6.73. The van der Waals surface area contributed by atoms with Crippen molar-refractivity contribution in [1.82, 2.24) is 20.2 Å². The second-order valence-corrected chi connectivity index (χ2v) is 6.73. The molecular formula is C22H26N4O2. The third-order valence-electron chi connectivity index (χ3n) is 4.66. The van der Waals surface area contributed by atoms with Crippen molar-refractivity contribution in [3.63, 3.8) is 0 Å². The Balaban J connectivity index is 1.64. The molecule has 6 heteroatoms. The molecule has 0 aliphatic rings. The molecule has 1 aromatic heterocycles. The van der Waals surface area contributed by atoms with E-state index in [1.807, 2.05) is 66.9 Å². The summed E-state index contributed by atoms with van der Waals surface area (Å²) in [4.78, 5) is 29.1. The van der Waals surface area contributed by atoms with Crippen LogP contribution in [0.4, 0.5) is 0 Å². The van der Waals surface area contributed by atoms with Gasteiger partial charge in [0.25, 0.3) is 5.91 Å². The van der Waals surface area contributed by atoms with Gasteiger partial charge in [0.1, 0.15) is 12.4 Å². The summed E-state index contributed by atoms with van der Waals surface area (Å²) in [6.45, 7) is 5.24. The molecule has 6 nitrogen and oxygen atoms in total. The van der Waals surface area contributed by atoms with Gasteiger partial charge >= 0.3 is 0 Å². The molecule has 0 radical (unpaired) electrons. The fraction of sp³-hybridized carbons (Fsp3) is 0.318. The van der Waals surface area contributed by atoms with Gasteiger partial charge in [0.05, 0.1) is 11.0 Å². The van der Waals surface area contributed by atoms with E-state index in [1.165, 1.54) is 0 Å². The van der Waals surface area contributed by atoms with Crippen LogP contribution in [0.5, 0.6) is 0 Å². The Kier molecular flexibility index (Phi) is 6.42. The first-order chi connectivity index (χ1) is 13.6. The third-order valence-corrected chi connectivity index (χ3v) is 4.66. The number of aromatic nitrogens is 2. The number of benzene rings is 2. The molecule has 0 unspecified atom stereocenters. The van der Waals surface area contributed by atoms with Crippen molar-refractivity contribution >= 4 is 22.8 Å². The topological polar surface area (TPSA) is 76.0 Å². The van der Waals surface area contributed by atoms with Crippen molar-refractivity contribution in [3.8, 4) is 0 Å². The average molecular weight is 378 g/mol. The molecule has 0 saturated heterocycles. The number of likely N-dealkylation sites (N-methyl/N-ethyl adjacent to an activating group) is 1. The standard InChI is InChI=1S/C22H26N4O2/c1-3-23-21(27)15-26-19-12-7-6-11-18(19)25-20(26)13-8-14-24-22(28)17-10-5-4-9-16(17)2/h4-7,9-12H,3,8,13-15H2,1-2H3,(H,23,27)(H,24,28). The highest BCUT2D eigenvalue weighted by atomic mass is 16.2. The van der Waals surface area contributed by atoms with E-state index in [-0.39, 0.29) is 18.4 Å². The molecule has 2 amide bonds. The van der Waals surface area contributed by atoms with Crippen molar-refractivity contribution in [2.45, 2.75) is 33.2 Å². The van der Waals surface area contributed by atoms with Crippen LogP contribution in [-0.4, -0.2) is 34.5 Å². The molecular weight excluding hydrogens is 352 g/mol. The molecule has 3 rings (SSSR count). The molecule has 0 spiro atoms. The fourth-order valence-electron chi connectivity index (χ4n) is 3.26. The number of carbonyl (C=O) groups is 2. The number of nitrogens with one attached hydrogen (secondary N) is 2. The Morgan fingerprint density at radius 2 is 1.79 bits per heavy atom. The number of fused-ring (bicyclic) bond motifs is 1. The number of rotatable bonds is 8. The molecule has 0 aliphatic heterocycles. The number of para-hydroxylation sites is 2. The lowest BCUT2D eigenvalue weighted by molar-refractivity contribution is -0.121. The summed E-state index contributed by atoms with van der Waals surface area (Å²) >= 11 is 0. The van der Waals surface area contributed by atoms with Crippen LogP contribution in [0.2, 0.25) is 0 Å². The van der Waals surface area contributed by atoms with Gasteiger partial charge in [0.2, 0.25) is 5.91 Å². The van der Waals surface area contributed by atoms with Crippen molar-refractivity contribution in [3.05, 3.63) is 65.5 Å². The van der Waals surface area contributed by atoms with Gasteiger partial charge in [-0.3, -0.25) is 9.59 Å². The lowest BCUT2D eigenvalue weighted by atomic mass is 10.1. The van der Waals surface area contributed by atoms with Crippen LogP contribution < -0.4 is 10.6 Å². The van der Waals surface area contributed by atoms with Gasteiger partial charge in [0.15, 0.2) is 0 Å². The van der Waals surface area contributed by atoms with Crippen LogP contribution >= 0.6 is 0 Å². The largest absolute Gasteiger partial charge is 0.355 e. The quantitative estimate of drug-likeness (QED) is 0.592. The molecule has 0 atom stereocenters. The van der Waals surface area contributed by atoms with Gasteiger partial charge in [-0.25, -0.2) is 4.98 Å². The van der Waals surface area contributed by atoms with Crippen LogP contribution in [0.3, 0.4) is 0 Å². The summed E-state index contributed by atoms with van der Waals surface area (Å²) in [5.41, 5.74) is 3.49. The van der Waals surface area contributed by atoms with Gasteiger partial charge in [-0.15, -0.1) is 0 Å². The third kappa shape index (κ3) is 4.57. The van der Waals surface area contributed by atoms with Gasteiger partial charge < -0.3 is 15.2 Å². The second kappa shape index (κ2) is 9.17. The maximum atomic E-state index is 12.3. The predicted molar refractivity (Wildman–Crippen MR) is 110 cm³/mol. The summed E-state index contributed by atoms with van der Waals surface area (Å²) in [6.07, 6.45) is 1.43. The first-order valence-corrected chi connectivity index (χ1v) is 9.64. The Morgan fingerprint density at radius 3 is 2.57 bits per heavy atom. The maximum absolute atomic E-state index is 12.3. The highest BCUT2D eigenvalue weighted by Gasteiger charge is 2.13. The zero-order valence-electron chi connectivity index (χ0n) is 16.4. The van der Waals surface area contributed by atoms with Crippen LogP contribution in [0.1, 0.15) is 35.1 Å². The fourth-order valence-corrected chi connectivity index (χ4v) is 3.26. The van der Waals surface area contributed by atoms with Gasteiger partial charge in [0, 0.05) is 25.1 Å². The number of hydrogen-bond acceptors (Lipinski definition) is 3. The lowest BCUT2D eigenvalue weighted by Gasteiger charge is -2.10. The summed E-state index contributed by atoms with van der Waals surface area (Å²) in [7, 11) is 0. The Morgan fingerprint density at radius 1 is 1.04 bits per heavy atom. The first kappa shape index (κ1) is 19.6. The van der Waals surface area contributed by atoms with Crippen LogP contribution in [0.25, 0.3) is 11.0 Å². The lowest BCUT2D eigenvalue weighted by Crippen LogP contribution is -2.28. The van der Waals surface area contributed by atoms with E-state index in [4.69, 9.17) is 0 Å². The molecule has 2 N–H and O–H groups in total. The maximum Gasteiger partial charge on any atom is 0.251 e.